The molecule has 3 aromatic rings. The van der Waals surface area contributed by atoms with Crippen LogP contribution in [0, 0.1) is 0 Å². The van der Waals surface area contributed by atoms with E-state index in [4.69, 9.17) is 10.7 Å². The van der Waals surface area contributed by atoms with Gasteiger partial charge >= 0.3 is 0 Å². The quantitative estimate of drug-likeness (QED) is 0.709. The zero-order valence-corrected chi connectivity index (χ0v) is 14.2. The number of pyridine rings is 1. The maximum absolute atomic E-state index is 6.40. The van der Waals surface area contributed by atoms with E-state index >= 15 is 0 Å². The predicted molar refractivity (Wildman–Crippen MR) is 104 cm³/mol. The monoisotopic (exact) mass is 328 g/mol. The topological polar surface area (TPSA) is 54.5 Å². The first-order valence-electron chi connectivity index (χ1n) is 8.55. The third-order valence-corrected chi connectivity index (χ3v) is 4.35. The normalized spacial score (nSPS) is 12.8. The Kier molecular flexibility index (Phi) is 3.94. The van der Waals surface area contributed by atoms with Crippen LogP contribution in [-0.4, -0.2) is 17.2 Å². The Bertz CT molecular complexity index is 932. The third-order valence-electron chi connectivity index (χ3n) is 4.35. The van der Waals surface area contributed by atoms with E-state index in [1.165, 1.54) is 0 Å². The summed E-state index contributed by atoms with van der Waals surface area (Å²) < 4.78 is 0. The number of aliphatic imine (C=N–C) groups is 1. The number of rotatable bonds is 3. The van der Waals surface area contributed by atoms with Crippen molar-refractivity contribution in [3.63, 3.8) is 0 Å². The van der Waals surface area contributed by atoms with Crippen molar-refractivity contribution >= 4 is 28.6 Å². The lowest BCUT2D eigenvalue weighted by Crippen LogP contribution is -2.21. The molecule has 0 saturated heterocycles. The van der Waals surface area contributed by atoms with E-state index in [9.17, 15) is 0 Å². The highest BCUT2D eigenvalue weighted by atomic mass is 15.2. The van der Waals surface area contributed by atoms with Crippen molar-refractivity contribution in [2.75, 3.05) is 17.2 Å². The summed E-state index contributed by atoms with van der Waals surface area (Å²) in [5.74, 6) is 0.877. The number of benzene rings is 2. The predicted octanol–water partition coefficient (Wildman–Crippen LogP) is 4.69. The molecule has 4 rings (SSSR count). The van der Waals surface area contributed by atoms with Gasteiger partial charge in [-0.25, -0.2) is 9.98 Å². The zero-order chi connectivity index (χ0) is 17.2. The summed E-state index contributed by atoms with van der Waals surface area (Å²) in [6.07, 6.45) is 2.82. The Morgan fingerprint density at radius 3 is 2.60 bits per heavy atom. The van der Waals surface area contributed by atoms with Gasteiger partial charge in [0.05, 0.1) is 11.4 Å². The number of hydrogen-bond donors (Lipinski definition) is 1. The van der Waals surface area contributed by atoms with Gasteiger partial charge in [-0.3, -0.25) is 0 Å². The standard InChI is InChI=1S/C21H20N4/c1-2-14-25-18-12-6-10-16(22)19(18)20(15-8-4-3-5-9-15)24-17-11-7-13-23-21(17)25/h3-13H,2,14,22H2,1H3. The number of hydrogen-bond acceptors (Lipinski definition) is 4. The molecule has 4 heteroatoms. The van der Waals surface area contributed by atoms with Crippen molar-refractivity contribution in [1.82, 2.24) is 4.98 Å². The zero-order valence-electron chi connectivity index (χ0n) is 14.2. The molecule has 0 spiro atoms. The van der Waals surface area contributed by atoms with Gasteiger partial charge in [-0.15, -0.1) is 0 Å². The van der Waals surface area contributed by atoms with Crippen LogP contribution in [-0.2, 0) is 0 Å². The molecule has 0 saturated carbocycles. The van der Waals surface area contributed by atoms with Crippen molar-refractivity contribution in [1.29, 1.82) is 0 Å². The molecule has 1 aliphatic heterocycles. The molecule has 0 aliphatic carbocycles. The second-order valence-corrected chi connectivity index (χ2v) is 6.07. The Labute approximate surface area is 147 Å². The Hall–Kier alpha value is -3.14. The SMILES string of the molecule is CCCN1c2cccc(N)c2C(c2ccccc2)=Nc2cccnc21. The first-order chi connectivity index (χ1) is 12.3. The molecule has 0 atom stereocenters. The molecule has 1 aromatic heterocycles. The van der Waals surface area contributed by atoms with Gasteiger partial charge in [-0.05, 0) is 30.7 Å². The van der Waals surface area contributed by atoms with E-state index in [0.717, 1.165) is 52.7 Å². The van der Waals surface area contributed by atoms with E-state index in [1.54, 1.807) is 0 Å². The number of fused-ring (bicyclic) bond motifs is 2. The van der Waals surface area contributed by atoms with E-state index < -0.39 is 0 Å². The summed E-state index contributed by atoms with van der Waals surface area (Å²) in [5.41, 5.74) is 12.0. The maximum Gasteiger partial charge on any atom is 0.159 e. The Morgan fingerprint density at radius 2 is 1.80 bits per heavy atom. The van der Waals surface area contributed by atoms with E-state index in [0.29, 0.717) is 0 Å². The fourth-order valence-corrected chi connectivity index (χ4v) is 3.27. The van der Waals surface area contributed by atoms with Crippen LogP contribution in [0.1, 0.15) is 24.5 Å². The fraction of sp³-hybridized carbons (Fsp3) is 0.143. The molecule has 0 fully saturated rings. The molecule has 0 unspecified atom stereocenters. The lowest BCUT2D eigenvalue weighted by Gasteiger charge is -2.25. The number of anilines is 3. The highest BCUT2D eigenvalue weighted by Gasteiger charge is 2.25. The molecule has 0 amide bonds. The number of aromatic nitrogens is 1. The molecule has 2 N–H and O–H groups in total. The number of nitrogen functional groups attached to an aromatic ring is 1. The molecule has 0 radical (unpaired) electrons. The molecule has 2 heterocycles. The van der Waals surface area contributed by atoms with E-state index in [1.807, 2.05) is 48.7 Å². The second-order valence-electron chi connectivity index (χ2n) is 6.07. The molecule has 25 heavy (non-hydrogen) atoms. The summed E-state index contributed by atoms with van der Waals surface area (Å²) in [5, 5.41) is 0. The van der Waals surface area contributed by atoms with Crippen molar-refractivity contribution in [2.24, 2.45) is 4.99 Å². The van der Waals surface area contributed by atoms with E-state index in [2.05, 4.69) is 35.0 Å². The van der Waals surface area contributed by atoms with Gasteiger partial charge in [0.25, 0.3) is 0 Å². The van der Waals surface area contributed by atoms with Crippen LogP contribution in [0.4, 0.5) is 22.9 Å². The molecule has 4 nitrogen and oxygen atoms in total. The first-order valence-corrected chi connectivity index (χ1v) is 8.55. The summed E-state index contributed by atoms with van der Waals surface area (Å²) in [7, 11) is 0. The van der Waals surface area contributed by atoms with Gasteiger partial charge in [0.1, 0.15) is 5.69 Å². The van der Waals surface area contributed by atoms with Gasteiger partial charge in [0.2, 0.25) is 0 Å². The molecule has 0 bridgehead atoms. The number of nitrogens with zero attached hydrogens (tertiary/aromatic N) is 3. The van der Waals surface area contributed by atoms with Gasteiger partial charge in [0.15, 0.2) is 5.82 Å². The Balaban J connectivity index is 2.05. The highest BCUT2D eigenvalue weighted by molar-refractivity contribution is 6.21. The van der Waals surface area contributed by atoms with Crippen LogP contribution >= 0.6 is 0 Å². The average molecular weight is 328 g/mol. The summed E-state index contributed by atoms with van der Waals surface area (Å²) in [4.78, 5) is 11.8. The lowest BCUT2D eigenvalue weighted by molar-refractivity contribution is 0.873. The minimum atomic E-state index is 0.731. The first kappa shape index (κ1) is 15.4. The van der Waals surface area contributed by atoms with Crippen molar-refractivity contribution < 1.29 is 0 Å². The summed E-state index contributed by atoms with van der Waals surface area (Å²) >= 11 is 0. The third kappa shape index (κ3) is 2.66. The minimum Gasteiger partial charge on any atom is -0.398 e. The van der Waals surface area contributed by atoms with Crippen LogP contribution in [0.3, 0.4) is 0 Å². The van der Waals surface area contributed by atoms with Crippen LogP contribution in [0.25, 0.3) is 0 Å². The van der Waals surface area contributed by atoms with Gasteiger partial charge in [0, 0.05) is 29.6 Å². The molecule has 2 aromatic carbocycles. The summed E-state index contributed by atoms with van der Waals surface area (Å²) in [6, 6.07) is 20.2. The smallest absolute Gasteiger partial charge is 0.159 e. The average Bonchev–Trinajstić information content (AvgIpc) is 2.79. The van der Waals surface area contributed by atoms with Gasteiger partial charge in [-0.2, -0.15) is 0 Å². The number of nitrogens with two attached hydrogens (primary N) is 1. The van der Waals surface area contributed by atoms with Crippen molar-refractivity contribution in [3.05, 3.63) is 78.0 Å². The van der Waals surface area contributed by atoms with Gasteiger partial charge in [-0.1, -0.05) is 43.3 Å². The van der Waals surface area contributed by atoms with Crippen LogP contribution in [0.5, 0.6) is 0 Å². The largest absolute Gasteiger partial charge is 0.398 e. The molecular weight excluding hydrogens is 308 g/mol. The fourth-order valence-electron chi connectivity index (χ4n) is 3.27. The highest BCUT2D eigenvalue weighted by Crippen LogP contribution is 2.40. The second kappa shape index (κ2) is 6.40. The van der Waals surface area contributed by atoms with E-state index in [-0.39, 0.29) is 0 Å². The van der Waals surface area contributed by atoms with Crippen molar-refractivity contribution in [2.45, 2.75) is 13.3 Å². The van der Waals surface area contributed by atoms with Crippen molar-refractivity contribution in [3.8, 4) is 0 Å². The maximum atomic E-state index is 6.40. The molecule has 124 valence electrons. The summed E-state index contributed by atoms with van der Waals surface area (Å²) in [6.45, 7) is 3.02. The molecular formula is C21H20N4. The molecule has 1 aliphatic rings. The Morgan fingerprint density at radius 1 is 0.960 bits per heavy atom. The van der Waals surface area contributed by atoms with Crippen LogP contribution in [0.15, 0.2) is 71.9 Å². The van der Waals surface area contributed by atoms with Gasteiger partial charge < -0.3 is 10.6 Å². The van der Waals surface area contributed by atoms with Crippen LogP contribution in [0.2, 0.25) is 0 Å². The minimum absolute atomic E-state index is 0.731. The van der Waals surface area contributed by atoms with Crippen LogP contribution < -0.4 is 10.6 Å². The lowest BCUT2D eigenvalue weighted by atomic mass is 9.98.